The zero-order valence-electron chi connectivity index (χ0n) is 16.6. The number of fused-ring (bicyclic) bond motifs is 1. The van der Waals surface area contributed by atoms with Gasteiger partial charge in [-0.25, -0.2) is 0 Å². The fourth-order valence-electron chi connectivity index (χ4n) is 2.97. The number of nitrogens with zero attached hydrogens (tertiary/aromatic N) is 2. The van der Waals surface area contributed by atoms with E-state index in [1.54, 1.807) is 37.3 Å². The van der Waals surface area contributed by atoms with E-state index in [-0.39, 0.29) is 17.9 Å². The van der Waals surface area contributed by atoms with E-state index in [9.17, 15) is 9.59 Å². The van der Waals surface area contributed by atoms with E-state index in [1.165, 1.54) is 0 Å². The Morgan fingerprint density at radius 2 is 2.19 bits per heavy atom. The van der Waals surface area contributed by atoms with Gasteiger partial charge < -0.3 is 24.6 Å². The molecular weight excluding hydrogens is 346 g/mol. The normalized spacial score (nSPS) is 15.6. The van der Waals surface area contributed by atoms with Crippen molar-refractivity contribution in [2.75, 3.05) is 52.4 Å². The van der Waals surface area contributed by atoms with E-state index < -0.39 is 0 Å². The van der Waals surface area contributed by atoms with Crippen LogP contribution in [0.2, 0.25) is 0 Å². The Hall–Kier alpha value is -2.54. The second kappa shape index (κ2) is 9.41. The van der Waals surface area contributed by atoms with Crippen LogP contribution in [0.4, 0.5) is 5.69 Å². The number of nitrogens with one attached hydrogen (secondary N) is 1. The van der Waals surface area contributed by atoms with E-state index in [1.807, 2.05) is 18.9 Å². The van der Waals surface area contributed by atoms with Crippen LogP contribution in [-0.2, 0) is 9.53 Å². The Labute approximate surface area is 160 Å². The van der Waals surface area contributed by atoms with Gasteiger partial charge in [0.05, 0.1) is 24.8 Å². The molecular formula is C20H29N3O4. The Balaban J connectivity index is 2.07. The predicted octanol–water partition coefficient (Wildman–Crippen LogP) is 1.68. The van der Waals surface area contributed by atoms with E-state index in [0.717, 1.165) is 11.3 Å². The molecule has 1 N–H and O–H groups in total. The Bertz CT molecular complexity index is 704. The van der Waals surface area contributed by atoms with Crippen LogP contribution in [0.1, 0.15) is 23.7 Å². The fourth-order valence-corrected chi connectivity index (χ4v) is 2.97. The van der Waals surface area contributed by atoms with Gasteiger partial charge in [0.15, 0.2) is 0 Å². The lowest BCUT2D eigenvalue weighted by Gasteiger charge is -2.36. The lowest BCUT2D eigenvalue weighted by Crippen LogP contribution is -2.44. The van der Waals surface area contributed by atoms with Crippen molar-refractivity contribution in [3.05, 3.63) is 35.9 Å². The molecule has 1 aliphatic heterocycles. The molecule has 1 aliphatic rings. The van der Waals surface area contributed by atoms with Crippen molar-refractivity contribution < 1.29 is 19.1 Å². The number of hydrogen-bond acceptors (Lipinski definition) is 5. The third-order valence-corrected chi connectivity index (χ3v) is 4.51. The highest BCUT2D eigenvalue weighted by atomic mass is 16.5. The molecule has 0 aromatic heterocycles. The monoisotopic (exact) mass is 375 g/mol. The summed E-state index contributed by atoms with van der Waals surface area (Å²) >= 11 is 0. The summed E-state index contributed by atoms with van der Waals surface area (Å²) in [7, 11) is 5.29. The van der Waals surface area contributed by atoms with Gasteiger partial charge in [0.1, 0.15) is 12.4 Å². The van der Waals surface area contributed by atoms with Crippen LogP contribution >= 0.6 is 0 Å². The van der Waals surface area contributed by atoms with E-state index in [4.69, 9.17) is 9.47 Å². The number of benzene rings is 1. The molecule has 0 spiro atoms. The van der Waals surface area contributed by atoms with Crippen molar-refractivity contribution in [1.29, 1.82) is 0 Å². The topological polar surface area (TPSA) is 71.1 Å². The highest BCUT2D eigenvalue weighted by Gasteiger charge is 2.28. The standard InChI is InChI=1S/C20H29N3O4/c1-14(2)12-22(3)19(24)11-16-13-27-18-7-6-15(10-17(18)23(16)4)20(25)21-8-9-26-5/h6-7,10,16H,1,8-9,11-13H2,2-5H3,(H,21,25)/t16-/m0/s1. The first-order valence-corrected chi connectivity index (χ1v) is 8.98. The van der Waals surface area contributed by atoms with Crippen molar-refractivity contribution in [3.8, 4) is 5.75 Å². The van der Waals surface area contributed by atoms with Gasteiger partial charge in [-0.15, -0.1) is 0 Å². The summed E-state index contributed by atoms with van der Waals surface area (Å²) in [6.45, 7) is 7.62. The third kappa shape index (κ3) is 5.47. The highest BCUT2D eigenvalue weighted by Crippen LogP contribution is 2.34. The van der Waals surface area contributed by atoms with Crippen LogP contribution in [-0.4, -0.2) is 70.3 Å². The van der Waals surface area contributed by atoms with Gasteiger partial charge in [0.25, 0.3) is 5.91 Å². The molecule has 0 aliphatic carbocycles. The summed E-state index contributed by atoms with van der Waals surface area (Å²) in [6, 6.07) is 5.24. The quantitative estimate of drug-likeness (QED) is 0.553. The number of likely N-dealkylation sites (N-methyl/N-ethyl adjacent to an activating group) is 2. The van der Waals surface area contributed by atoms with Crippen molar-refractivity contribution >= 4 is 17.5 Å². The van der Waals surface area contributed by atoms with Gasteiger partial charge in [-0.3, -0.25) is 9.59 Å². The molecule has 1 heterocycles. The van der Waals surface area contributed by atoms with Crippen molar-refractivity contribution in [2.45, 2.75) is 19.4 Å². The van der Waals surface area contributed by atoms with E-state index in [0.29, 0.717) is 44.0 Å². The van der Waals surface area contributed by atoms with Gasteiger partial charge in [-0.05, 0) is 25.1 Å². The molecule has 0 saturated carbocycles. The summed E-state index contributed by atoms with van der Waals surface area (Å²) in [5.74, 6) is 0.586. The molecule has 0 saturated heterocycles. The summed E-state index contributed by atoms with van der Waals surface area (Å²) in [5.41, 5.74) is 2.29. The number of anilines is 1. The van der Waals surface area contributed by atoms with Crippen LogP contribution < -0.4 is 15.0 Å². The van der Waals surface area contributed by atoms with Crippen molar-refractivity contribution in [2.24, 2.45) is 0 Å². The first kappa shape index (κ1) is 20.8. The van der Waals surface area contributed by atoms with Gasteiger partial charge >= 0.3 is 0 Å². The van der Waals surface area contributed by atoms with Gasteiger partial charge in [-0.2, -0.15) is 0 Å². The number of carbonyl (C=O) groups is 2. The highest BCUT2D eigenvalue weighted by molar-refractivity contribution is 5.95. The molecule has 0 fully saturated rings. The van der Waals surface area contributed by atoms with Crippen molar-refractivity contribution in [1.82, 2.24) is 10.2 Å². The summed E-state index contributed by atoms with van der Waals surface area (Å²) < 4.78 is 10.8. The molecule has 27 heavy (non-hydrogen) atoms. The summed E-state index contributed by atoms with van der Waals surface area (Å²) in [5, 5.41) is 2.81. The van der Waals surface area contributed by atoms with Crippen molar-refractivity contribution in [3.63, 3.8) is 0 Å². The second-order valence-electron chi connectivity index (χ2n) is 6.92. The molecule has 0 radical (unpaired) electrons. The van der Waals surface area contributed by atoms with Gasteiger partial charge in [0.2, 0.25) is 5.91 Å². The predicted molar refractivity (Wildman–Crippen MR) is 105 cm³/mol. The summed E-state index contributed by atoms with van der Waals surface area (Å²) in [6.07, 6.45) is 0.337. The lowest BCUT2D eigenvalue weighted by molar-refractivity contribution is -0.130. The second-order valence-corrected chi connectivity index (χ2v) is 6.92. The molecule has 1 atom stereocenters. The molecule has 0 unspecified atom stereocenters. The average molecular weight is 375 g/mol. The lowest BCUT2D eigenvalue weighted by atomic mass is 10.1. The van der Waals surface area contributed by atoms with Crippen LogP contribution in [0.3, 0.4) is 0 Å². The van der Waals surface area contributed by atoms with Crippen LogP contribution in [0.15, 0.2) is 30.4 Å². The molecule has 7 heteroatoms. The smallest absolute Gasteiger partial charge is 0.251 e. The molecule has 2 rings (SSSR count). The van der Waals surface area contributed by atoms with Crippen LogP contribution in [0, 0.1) is 0 Å². The molecule has 1 aromatic rings. The number of ether oxygens (including phenoxy) is 2. The minimum absolute atomic E-state index is 0.0374. The molecule has 148 valence electrons. The number of methoxy groups -OCH3 is 1. The molecule has 2 amide bonds. The molecule has 1 aromatic carbocycles. The zero-order valence-corrected chi connectivity index (χ0v) is 16.6. The zero-order chi connectivity index (χ0) is 20.0. The van der Waals surface area contributed by atoms with Crippen LogP contribution in [0.25, 0.3) is 0 Å². The van der Waals surface area contributed by atoms with Crippen LogP contribution in [0.5, 0.6) is 5.75 Å². The Kier molecular flexibility index (Phi) is 7.24. The maximum Gasteiger partial charge on any atom is 0.251 e. The average Bonchev–Trinajstić information content (AvgIpc) is 2.63. The maximum absolute atomic E-state index is 12.5. The largest absolute Gasteiger partial charge is 0.489 e. The SMILES string of the molecule is C=C(C)CN(C)C(=O)C[C@H]1COc2ccc(C(=O)NCCOC)cc2N1C. The third-order valence-electron chi connectivity index (χ3n) is 4.51. The fraction of sp³-hybridized carbons (Fsp3) is 0.500. The molecule has 7 nitrogen and oxygen atoms in total. The van der Waals surface area contributed by atoms with E-state index >= 15 is 0 Å². The number of amides is 2. The minimum Gasteiger partial charge on any atom is -0.489 e. The first-order chi connectivity index (χ1) is 12.8. The number of carbonyl (C=O) groups excluding carboxylic acids is 2. The number of hydrogen-bond donors (Lipinski definition) is 1. The first-order valence-electron chi connectivity index (χ1n) is 8.98. The summed E-state index contributed by atoms with van der Waals surface area (Å²) in [4.78, 5) is 28.4. The maximum atomic E-state index is 12.5. The van der Waals surface area contributed by atoms with Gasteiger partial charge in [-0.1, -0.05) is 12.2 Å². The Morgan fingerprint density at radius 3 is 2.85 bits per heavy atom. The molecule has 0 bridgehead atoms. The van der Waals surface area contributed by atoms with Gasteiger partial charge in [0, 0.05) is 39.9 Å². The number of rotatable bonds is 8. The Morgan fingerprint density at radius 1 is 1.44 bits per heavy atom. The minimum atomic E-state index is -0.164. The van der Waals surface area contributed by atoms with E-state index in [2.05, 4.69) is 11.9 Å².